The predicted octanol–water partition coefficient (Wildman–Crippen LogP) is 4.79. The molecule has 2 nitrogen and oxygen atoms in total. The van der Waals surface area contributed by atoms with Crippen LogP contribution in [-0.4, -0.2) is 11.7 Å². The monoisotopic (exact) mass is 305 g/mol. The average Bonchev–Trinajstić information content (AvgIpc) is 2.49. The van der Waals surface area contributed by atoms with Gasteiger partial charge in [0.25, 0.3) is 5.91 Å². The number of hydrogen-bond acceptors (Lipinski definition) is 2. The molecule has 1 N–H and O–H groups in total. The summed E-state index contributed by atoms with van der Waals surface area (Å²) in [5.74, 6) is 1.32. The summed E-state index contributed by atoms with van der Waals surface area (Å²) in [6.45, 7) is 2.09. The van der Waals surface area contributed by atoms with Gasteiger partial charge in [0.05, 0.1) is 5.69 Å². The standard InChI is InChI=1S/C16H16ClNOS/c1-2-20-15-6-4-3-5-14(15)18-16(19)13-9-7-12(11-17)8-10-13/h3-10H,2,11H2,1H3,(H,18,19). The van der Waals surface area contributed by atoms with E-state index >= 15 is 0 Å². The van der Waals surface area contributed by atoms with Gasteiger partial charge in [-0.25, -0.2) is 0 Å². The highest BCUT2D eigenvalue weighted by molar-refractivity contribution is 7.99. The van der Waals surface area contributed by atoms with E-state index in [1.165, 1.54) is 0 Å². The van der Waals surface area contributed by atoms with E-state index in [-0.39, 0.29) is 5.91 Å². The smallest absolute Gasteiger partial charge is 0.255 e. The van der Waals surface area contributed by atoms with Crippen molar-refractivity contribution in [3.63, 3.8) is 0 Å². The van der Waals surface area contributed by atoms with Crippen molar-refractivity contribution in [1.29, 1.82) is 0 Å². The van der Waals surface area contributed by atoms with Gasteiger partial charge in [-0.3, -0.25) is 4.79 Å². The third-order valence-corrected chi connectivity index (χ3v) is 4.07. The van der Waals surface area contributed by atoms with Crippen LogP contribution in [0.2, 0.25) is 0 Å². The highest BCUT2D eigenvalue weighted by Crippen LogP contribution is 2.27. The topological polar surface area (TPSA) is 29.1 Å². The first-order valence-electron chi connectivity index (χ1n) is 6.42. The SMILES string of the molecule is CCSc1ccccc1NC(=O)c1ccc(CCl)cc1. The molecule has 0 aliphatic carbocycles. The molecule has 0 fully saturated rings. The van der Waals surface area contributed by atoms with Crippen LogP contribution in [-0.2, 0) is 5.88 Å². The van der Waals surface area contributed by atoms with E-state index in [2.05, 4.69) is 12.2 Å². The molecule has 0 saturated carbocycles. The summed E-state index contributed by atoms with van der Waals surface area (Å²) in [6, 6.07) is 15.2. The zero-order valence-electron chi connectivity index (χ0n) is 11.2. The molecule has 2 rings (SSSR count). The highest BCUT2D eigenvalue weighted by atomic mass is 35.5. The van der Waals surface area contributed by atoms with Crippen molar-refractivity contribution >= 4 is 35.0 Å². The van der Waals surface area contributed by atoms with Crippen LogP contribution >= 0.6 is 23.4 Å². The van der Waals surface area contributed by atoms with Gasteiger partial charge < -0.3 is 5.32 Å². The summed E-state index contributed by atoms with van der Waals surface area (Å²) in [4.78, 5) is 13.3. The van der Waals surface area contributed by atoms with Crippen LogP contribution in [0.15, 0.2) is 53.4 Å². The first kappa shape index (κ1) is 14.9. The van der Waals surface area contributed by atoms with E-state index in [1.807, 2.05) is 36.4 Å². The Bertz CT molecular complexity index is 583. The Kier molecular flexibility index (Phi) is 5.50. The Balaban J connectivity index is 2.14. The van der Waals surface area contributed by atoms with Crippen molar-refractivity contribution in [3.8, 4) is 0 Å². The molecule has 0 aromatic heterocycles. The largest absolute Gasteiger partial charge is 0.321 e. The Morgan fingerprint density at radius 3 is 2.50 bits per heavy atom. The zero-order valence-corrected chi connectivity index (χ0v) is 12.8. The molecule has 0 bridgehead atoms. The molecule has 104 valence electrons. The Hall–Kier alpha value is -1.45. The number of carbonyl (C=O) groups excluding carboxylic acids is 1. The molecule has 0 atom stereocenters. The minimum Gasteiger partial charge on any atom is -0.321 e. The number of anilines is 1. The van der Waals surface area contributed by atoms with Crippen molar-refractivity contribution in [2.24, 2.45) is 0 Å². The molecule has 2 aromatic rings. The van der Waals surface area contributed by atoms with Gasteiger partial charge in [-0.05, 0) is 35.6 Å². The Morgan fingerprint density at radius 2 is 1.85 bits per heavy atom. The maximum Gasteiger partial charge on any atom is 0.255 e. The molecule has 20 heavy (non-hydrogen) atoms. The van der Waals surface area contributed by atoms with Crippen LogP contribution in [0.25, 0.3) is 0 Å². The molecular formula is C16H16ClNOS. The summed E-state index contributed by atoms with van der Waals surface area (Å²) < 4.78 is 0. The molecule has 2 aromatic carbocycles. The molecule has 0 unspecified atom stereocenters. The number of alkyl halides is 1. The summed E-state index contributed by atoms with van der Waals surface area (Å²) in [5, 5.41) is 2.96. The van der Waals surface area contributed by atoms with Crippen LogP contribution in [0.3, 0.4) is 0 Å². The van der Waals surface area contributed by atoms with Crippen molar-refractivity contribution in [1.82, 2.24) is 0 Å². The second kappa shape index (κ2) is 7.36. The lowest BCUT2D eigenvalue weighted by Gasteiger charge is -2.10. The van der Waals surface area contributed by atoms with E-state index in [1.54, 1.807) is 23.9 Å². The van der Waals surface area contributed by atoms with Gasteiger partial charge in [-0.1, -0.05) is 31.2 Å². The number of hydrogen-bond donors (Lipinski definition) is 1. The fourth-order valence-corrected chi connectivity index (χ4v) is 2.73. The molecule has 4 heteroatoms. The molecule has 0 aliphatic rings. The van der Waals surface area contributed by atoms with Crippen molar-refractivity contribution in [3.05, 3.63) is 59.7 Å². The number of nitrogens with one attached hydrogen (secondary N) is 1. The second-order valence-electron chi connectivity index (χ2n) is 4.21. The number of halogens is 1. The van der Waals surface area contributed by atoms with Gasteiger partial charge in [0, 0.05) is 16.3 Å². The molecule has 1 amide bonds. The van der Waals surface area contributed by atoms with Gasteiger partial charge in [-0.2, -0.15) is 0 Å². The highest BCUT2D eigenvalue weighted by Gasteiger charge is 2.08. The van der Waals surface area contributed by atoms with E-state index in [0.29, 0.717) is 11.4 Å². The number of carbonyl (C=O) groups is 1. The van der Waals surface area contributed by atoms with Crippen LogP contribution in [0.1, 0.15) is 22.8 Å². The van der Waals surface area contributed by atoms with Crippen LogP contribution < -0.4 is 5.32 Å². The number of benzene rings is 2. The van der Waals surface area contributed by atoms with Gasteiger partial charge in [0.2, 0.25) is 0 Å². The lowest BCUT2D eigenvalue weighted by atomic mass is 10.1. The van der Waals surface area contributed by atoms with Gasteiger partial charge in [0.15, 0.2) is 0 Å². The van der Waals surface area contributed by atoms with E-state index < -0.39 is 0 Å². The summed E-state index contributed by atoms with van der Waals surface area (Å²) in [6.07, 6.45) is 0. The summed E-state index contributed by atoms with van der Waals surface area (Å²) in [5.41, 5.74) is 2.49. The predicted molar refractivity (Wildman–Crippen MR) is 86.8 cm³/mol. The van der Waals surface area contributed by atoms with E-state index in [0.717, 1.165) is 21.9 Å². The van der Waals surface area contributed by atoms with Gasteiger partial charge in [0.1, 0.15) is 0 Å². The first-order chi connectivity index (χ1) is 9.74. The molecule has 0 radical (unpaired) electrons. The van der Waals surface area contributed by atoms with Gasteiger partial charge in [-0.15, -0.1) is 23.4 Å². The third kappa shape index (κ3) is 3.78. The van der Waals surface area contributed by atoms with Crippen molar-refractivity contribution in [2.75, 3.05) is 11.1 Å². The van der Waals surface area contributed by atoms with Crippen molar-refractivity contribution < 1.29 is 4.79 Å². The third-order valence-electron chi connectivity index (χ3n) is 2.81. The molecule has 0 saturated heterocycles. The second-order valence-corrected chi connectivity index (χ2v) is 5.79. The van der Waals surface area contributed by atoms with Crippen LogP contribution in [0.4, 0.5) is 5.69 Å². The first-order valence-corrected chi connectivity index (χ1v) is 7.94. The fourth-order valence-electron chi connectivity index (χ4n) is 1.79. The lowest BCUT2D eigenvalue weighted by molar-refractivity contribution is 0.102. The van der Waals surface area contributed by atoms with Crippen LogP contribution in [0.5, 0.6) is 0 Å². The lowest BCUT2D eigenvalue weighted by Crippen LogP contribution is -2.12. The maximum atomic E-state index is 12.2. The zero-order chi connectivity index (χ0) is 14.4. The minimum absolute atomic E-state index is 0.102. The quantitative estimate of drug-likeness (QED) is 0.635. The Morgan fingerprint density at radius 1 is 1.15 bits per heavy atom. The molecule has 0 spiro atoms. The number of rotatable bonds is 5. The summed E-state index contributed by atoms with van der Waals surface area (Å²) >= 11 is 7.45. The average molecular weight is 306 g/mol. The normalized spacial score (nSPS) is 10.3. The number of amides is 1. The van der Waals surface area contributed by atoms with Crippen LogP contribution in [0, 0.1) is 0 Å². The minimum atomic E-state index is -0.102. The fraction of sp³-hybridized carbons (Fsp3) is 0.188. The molecular weight excluding hydrogens is 290 g/mol. The van der Waals surface area contributed by atoms with Crippen molar-refractivity contribution in [2.45, 2.75) is 17.7 Å². The Labute approximate surface area is 128 Å². The van der Waals surface area contributed by atoms with E-state index in [4.69, 9.17) is 11.6 Å². The van der Waals surface area contributed by atoms with Gasteiger partial charge >= 0.3 is 0 Å². The number of para-hydroxylation sites is 1. The molecule has 0 aliphatic heterocycles. The molecule has 0 heterocycles. The van der Waals surface area contributed by atoms with E-state index in [9.17, 15) is 4.79 Å². The maximum absolute atomic E-state index is 12.2. The number of thioether (sulfide) groups is 1. The summed E-state index contributed by atoms with van der Waals surface area (Å²) in [7, 11) is 0.